The van der Waals surface area contributed by atoms with Crippen molar-refractivity contribution in [3.05, 3.63) is 95.6 Å². The van der Waals surface area contributed by atoms with Gasteiger partial charge in [0.15, 0.2) is 0 Å². The average molecular weight is 690 g/mol. The van der Waals surface area contributed by atoms with Crippen LogP contribution in [-0.2, 0) is 23.4 Å². The van der Waals surface area contributed by atoms with Crippen LogP contribution in [0.15, 0.2) is 78.9 Å². The number of carboxylic acids is 1. The fourth-order valence-corrected chi connectivity index (χ4v) is 11.7. The van der Waals surface area contributed by atoms with E-state index in [2.05, 4.69) is 78.9 Å². The van der Waals surface area contributed by atoms with Crippen molar-refractivity contribution in [2.75, 3.05) is 12.3 Å². The molecule has 1 saturated carbocycles. The van der Waals surface area contributed by atoms with Crippen LogP contribution in [0.3, 0.4) is 0 Å². The molecule has 0 radical (unpaired) electrons. The molecule has 2 bridgehead atoms. The van der Waals surface area contributed by atoms with Gasteiger partial charge in [-0.05, 0) is 117 Å². The Labute approximate surface area is 298 Å². The van der Waals surface area contributed by atoms with Crippen LogP contribution in [0.2, 0.25) is 0 Å². The molecule has 0 saturated heterocycles. The van der Waals surface area contributed by atoms with E-state index in [1.165, 1.54) is 61.6 Å². The van der Waals surface area contributed by atoms with Gasteiger partial charge >= 0.3 is 5.97 Å². The van der Waals surface area contributed by atoms with Gasteiger partial charge in [0.1, 0.15) is 0 Å². The van der Waals surface area contributed by atoms with Gasteiger partial charge < -0.3 is 15.9 Å². The normalized spacial score (nSPS) is 28.5. The summed E-state index contributed by atoms with van der Waals surface area (Å²) in [5.41, 5.74) is 10.3. The van der Waals surface area contributed by atoms with Crippen LogP contribution in [0.5, 0.6) is 0 Å². The highest BCUT2D eigenvalue weighted by atomic mass is 33.1. The molecule has 6 rings (SSSR count). The van der Waals surface area contributed by atoms with E-state index in [0.29, 0.717) is 18.4 Å². The lowest BCUT2D eigenvalue weighted by molar-refractivity contribution is -0.151. The van der Waals surface area contributed by atoms with E-state index < -0.39 is 18.0 Å². The zero-order valence-corrected chi connectivity index (χ0v) is 30.6. The number of aliphatic hydroxyl groups excluding tert-OH is 1. The second kappa shape index (κ2) is 19.4. The molecule has 48 heavy (non-hydrogen) atoms. The summed E-state index contributed by atoms with van der Waals surface area (Å²) in [5.74, 6) is 2.32. The topological polar surface area (TPSA) is 83.5 Å². The molecule has 0 unspecified atom stereocenters. The summed E-state index contributed by atoms with van der Waals surface area (Å²) in [4.78, 5) is 12.9. The second-order valence-electron chi connectivity index (χ2n) is 14.9. The zero-order chi connectivity index (χ0) is 33.7. The third kappa shape index (κ3) is 10.5. The average Bonchev–Trinajstić information content (AvgIpc) is 3.08. The molecule has 2 aromatic rings. The largest absolute Gasteiger partial charge is 0.481 e. The molecular weight excluding hydrogens is 631 g/mol. The first kappa shape index (κ1) is 37.3. The van der Waals surface area contributed by atoms with Gasteiger partial charge in [0.25, 0.3) is 0 Å². The number of hydrogen-bond acceptors (Lipinski definition) is 5. The summed E-state index contributed by atoms with van der Waals surface area (Å²) < 4.78 is 0. The Hall–Kier alpha value is -1.99. The molecule has 1 fully saturated rings. The zero-order valence-electron chi connectivity index (χ0n) is 29.0. The van der Waals surface area contributed by atoms with Gasteiger partial charge in [0.05, 0.1) is 12.0 Å². The Balaban J connectivity index is 1.49. The predicted octanol–water partition coefficient (Wildman–Crippen LogP) is 9.76. The number of aliphatic hydroxyl groups is 1. The van der Waals surface area contributed by atoms with E-state index in [-0.39, 0.29) is 23.7 Å². The minimum atomic E-state index is -0.933. The fourth-order valence-electron chi connectivity index (χ4n) is 9.14. The third-order valence-corrected chi connectivity index (χ3v) is 14.1. The van der Waals surface area contributed by atoms with E-state index >= 15 is 0 Å². The molecule has 2 aliphatic heterocycles. The highest BCUT2D eigenvalue weighted by molar-refractivity contribution is 8.76. The molecular formula is C42H59NO3S2. The molecule has 4 N–H and O–H groups in total. The van der Waals surface area contributed by atoms with Crippen LogP contribution >= 0.6 is 21.6 Å². The van der Waals surface area contributed by atoms with Crippen molar-refractivity contribution < 1.29 is 15.0 Å². The number of nitrogens with two attached hydrogens (primary N) is 1. The number of aliphatic carboxylic acids is 1. The monoisotopic (exact) mass is 689 g/mol. The number of carbonyl (C=O) groups is 1. The van der Waals surface area contributed by atoms with Gasteiger partial charge in [-0.3, -0.25) is 4.79 Å². The van der Waals surface area contributed by atoms with E-state index in [9.17, 15) is 15.0 Å². The summed E-state index contributed by atoms with van der Waals surface area (Å²) in [6.07, 6.45) is 22.9. The summed E-state index contributed by atoms with van der Waals surface area (Å²) in [6, 6.07) is 19.7. The van der Waals surface area contributed by atoms with Gasteiger partial charge in [-0.15, -0.1) is 0 Å². The molecule has 262 valence electrons. The lowest BCUT2D eigenvalue weighted by Gasteiger charge is -2.45. The first-order chi connectivity index (χ1) is 23.4. The van der Waals surface area contributed by atoms with Crippen molar-refractivity contribution >= 4 is 27.6 Å². The van der Waals surface area contributed by atoms with Gasteiger partial charge in [-0.2, -0.15) is 0 Å². The van der Waals surface area contributed by atoms with Crippen molar-refractivity contribution in [3.8, 4) is 0 Å². The summed E-state index contributed by atoms with van der Waals surface area (Å²) in [6.45, 7) is 2.19. The van der Waals surface area contributed by atoms with Gasteiger partial charge in [-0.25, -0.2) is 0 Å². The van der Waals surface area contributed by atoms with Crippen LogP contribution in [0.4, 0.5) is 0 Å². The first-order valence-electron chi connectivity index (χ1n) is 18.7. The standard InChI is InChI=1S/C42H59NO3S2/c1-30(44)40(42(45)46)41-36-22-21-35(39(41)23-24-43)26-34(18-10-4-7-15-31-13-5-2-6-14-31)38(25-32-16-8-3-9-17-32)29-48-47-28-37-20-12-11-19-33(37)27-36/h3-4,8-12,16-17,19-22,30-31,34-36,38-41,44H,2,5-7,13-15,18,23-29,43H2,1H3,(H,45,46)/b10-4-/t30-,34+,35-,36-,38-,39-,40-,41-/m0/s1. The van der Waals surface area contributed by atoms with Crippen molar-refractivity contribution in [1.82, 2.24) is 0 Å². The second-order valence-corrected chi connectivity index (χ2v) is 17.4. The Morgan fingerprint density at radius 3 is 2.38 bits per heavy atom. The number of carboxylic acid groups (broad SMARTS) is 1. The van der Waals surface area contributed by atoms with E-state index in [0.717, 1.165) is 49.5 Å². The van der Waals surface area contributed by atoms with Crippen LogP contribution in [-0.4, -0.2) is 34.6 Å². The Morgan fingerprint density at radius 2 is 1.65 bits per heavy atom. The van der Waals surface area contributed by atoms with E-state index in [4.69, 9.17) is 5.73 Å². The maximum atomic E-state index is 12.9. The summed E-state index contributed by atoms with van der Waals surface area (Å²) in [7, 11) is 3.99. The molecule has 0 aromatic heterocycles. The first-order valence-corrected chi connectivity index (χ1v) is 21.2. The molecule has 0 amide bonds. The minimum Gasteiger partial charge on any atom is -0.481 e. The Kier molecular flexibility index (Phi) is 15.1. The Bertz CT molecular complexity index is 1310. The van der Waals surface area contributed by atoms with E-state index in [1.54, 1.807) is 6.92 Å². The highest BCUT2D eigenvalue weighted by Crippen LogP contribution is 2.48. The molecule has 2 aromatic carbocycles. The fraction of sp³-hybridized carbons (Fsp3) is 0.595. The number of rotatable bonds is 12. The maximum Gasteiger partial charge on any atom is 0.309 e. The molecule has 4 nitrogen and oxygen atoms in total. The van der Waals surface area contributed by atoms with Gasteiger partial charge in [0.2, 0.25) is 0 Å². The number of hydrogen-bond donors (Lipinski definition) is 3. The molecule has 2 aliphatic carbocycles. The Morgan fingerprint density at radius 1 is 0.917 bits per heavy atom. The van der Waals surface area contributed by atoms with E-state index in [1.807, 2.05) is 21.6 Å². The van der Waals surface area contributed by atoms with Crippen LogP contribution < -0.4 is 5.73 Å². The molecule has 4 aliphatic rings. The number of fused-ring (bicyclic) bond motifs is 7. The predicted molar refractivity (Wildman–Crippen MR) is 205 cm³/mol. The summed E-state index contributed by atoms with van der Waals surface area (Å²) in [5, 5.41) is 21.5. The number of benzene rings is 2. The lowest BCUT2D eigenvalue weighted by atomic mass is 9.60. The van der Waals surface area contributed by atoms with Crippen molar-refractivity contribution in [1.29, 1.82) is 0 Å². The van der Waals surface area contributed by atoms with Crippen molar-refractivity contribution in [2.24, 2.45) is 53.1 Å². The highest BCUT2D eigenvalue weighted by Gasteiger charge is 2.46. The SMILES string of the molecule is C[C@H](O)[C@H](C(=O)O)[C@@H]1[C@@H](CCN)[C@H]2C=C[C@H]1Cc1ccccc1CSSC[C@H](Cc1ccccc1)[C@H](C/C=C\CCC1CCCCC1)C2. The van der Waals surface area contributed by atoms with Crippen LogP contribution in [0, 0.1) is 47.3 Å². The molecule has 6 heteroatoms. The van der Waals surface area contributed by atoms with Crippen LogP contribution in [0.1, 0.15) is 87.8 Å². The summed E-state index contributed by atoms with van der Waals surface area (Å²) >= 11 is 0. The van der Waals surface area contributed by atoms with Crippen molar-refractivity contribution in [2.45, 2.75) is 95.8 Å². The quantitative estimate of drug-likeness (QED) is 0.152. The smallest absolute Gasteiger partial charge is 0.309 e. The molecule has 0 spiro atoms. The van der Waals surface area contributed by atoms with Crippen molar-refractivity contribution in [3.63, 3.8) is 0 Å². The maximum absolute atomic E-state index is 12.9. The lowest BCUT2D eigenvalue weighted by Crippen LogP contribution is -2.46. The van der Waals surface area contributed by atoms with Crippen LogP contribution in [0.25, 0.3) is 0 Å². The molecule has 2 heterocycles. The molecule has 8 atom stereocenters. The van der Waals surface area contributed by atoms with Gasteiger partial charge in [-0.1, -0.05) is 133 Å². The third-order valence-electron chi connectivity index (χ3n) is 11.7. The number of allylic oxidation sites excluding steroid dienone is 4. The minimum absolute atomic E-state index is 0.0356. The van der Waals surface area contributed by atoms with Gasteiger partial charge in [0, 0.05) is 11.5 Å².